The second-order valence-electron chi connectivity index (χ2n) is 3.39. The van der Waals surface area contributed by atoms with E-state index in [1.54, 1.807) is 11.3 Å². The molecule has 13 heavy (non-hydrogen) atoms. The van der Waals surface area contributed by atoms with Crippen LogP contribution in [0, 0.1) is 5.92 Å². The van der Waals surface area contributed by atoms with Crippen molar-refractivity contribution < 1.29 is 5.11 Å². The number of rotatable bonds is 3. The number of aliphatic hydroxyl groups excluding tert-OH is 1. The molecule has 1 heterocycles. The minimum Gasteiger partial charge on any atom is -0.391 e. The number of hydrogen-bond donors (Lipinski definition) is 2. The van der Waals surface area contributed by atoms with E-state index < -0.39 is 6.10 Å². The van der Waals surface area contributed by atoms with E-state index in [1.807, 2.05) is 25.3 Å². The van der Waals surface area contributed by atoms with Crippen LogP contribution in [0.2, 0.25) is 0 Å². The molecular weight excluding hydrogens is 250 g/mol. The molecule has 0 radical (unpaired) electrons. The van der Waals surface area contributed by atoms with Crippen LogP contribution in [-0.2, 0) is 0 Å². The molecule has 3 N–H and O–H groups in total. The maximum atomic E-state index is 9.75. The fourth-order valence-electron chi connectivity index (χ4n) is 1.11. The van der Waals surface area contributed by atoms with E-state index in [-0.39, 0.29) is 12.0 Å². The predicted molar refractivity (Wildman–Crippen MR) is 59.8 cm³/mol. The smallest absolute Gasteiger partial charge is 0.0764 e. The molecule has 1 aromatic heterocycles. The van der Waals surface area contributed by atoms with E-state index in [4.69, 9.17) is 5.73 Å². The Morgan fingerprint density at radius 2 is 2.15 bits per heavy atom. The number of nitrogens with two attached hydrogens (primary N) is 1. The van der Waals surface area contributed by atoms with Crippen molar-refractivity contribution in [2.45, 2.75) is 26.0 Å². The van der Waals surface area contributed by atoms with Gasteiger partial charge in [-0.1, -0.05) is 13.8 Å². The van der Waals surface area contributed by atoms with Crippen LogP contribution < -0.4 is 5.73 Å². The minimum absolute atomic E-state index is 0.184. The molecule has 0 aliphatic heterocycles. The van der Waals surface area contributed by atoms with Crippen molar-refractivity contribution in [2.75, 3.05) is 0 Å². The van der Waals surface area contributed by atoms with Crippen LogP contribution in [0.1, 0.15) is 24.8 Å². The summed E-state index contributed by atoms with van der Waals surface area (Å²) in [7, 11) is 0. The maximum Gasteiger partial charge on any atom is 0.0764 e. The molecule has 0 amide bonds. The molecule has 0 aromatic carbocycles. The second-order valence-corrected chi connectivity index (χ2v) is 5.20. The molecule has 0 spiro atoms. The van der Waals surface area contributed by atoms with Gasteiger partial charge in [-0.25, -0.2) is 0 Å². The van der Waals surface area contributed by atoms with Gasteiger partial charge in [0.1, 0.15) is 0 Å². The molecule has 0 saturated carbocycles. The highest BCUT2D eigenvalue weighted by molar-refractivity contribution is 9.10. The van der Waals surface area contributed by atoms with Gasteiger partial charge < -0.3 is 10.8 Å². The molecule has 2 atom stereocenters. The van der Waals surface area contributed by atoms with Crippen LogP contribution in [0.3, 0.4) is 0 Å². The second kappa shape index (κ2) is 4.55. The van der Waals surface area contributed by atoms with E-state index >= 15 is 0 Å². The Hall–Kier alpha value is 0.100. The van der Waals surface area contributed by atoms with Crippen LogP contribution in [0.25, 0.3) is 0 Å². The van der Waals surface area contributed by atoms with Crippen LogP contribution in [0.5, 0.6) is 0 Å². The summed E-state index contributed by atoms with van der Waals surface area (Å²) in [5.41, 5.74) is 5.92. The quantitative estimate of drug-likeness (QED) is 0.881. The number of thiophene rings is 1. The van der Waals surface area contributed by atoms with Crippen LogP contribution >= 0.6 is 27.3 Å². The maximum absolute atomic E-state index is 9.75. The zero-order chi connectivity index (χ0) is 10.0. The topological polar surface area (TPSA) is 46.2 Å². The van der Waals surface area contributed by atoms with Crippen LogP contribution in [0.4, 0.5) is 0 Å². The summed E-state index contributed by atoms with van der Waals surface area (Å²) in [4.78, 5) is 1.02. The highest BCUT2D eigenvalue weighted by Gasteiger charge is 2.22. The van der Waals surface area contributed by atoms with Gasteiger partial charge in [0.2, 0.25) is 0 Å². The minimum atomic E-state index is -0.477. The highest BCUT2D eigenvalue weighted by atomic mass is 79.9. The Balaban J connectivity index is 2.79. The van der Waals surface area contributed by atoms with E-state index in [2.05, 4.69) is 15.9 Å². The van der Waals surface area contributed by atoms with Gasteiger partial charge in [0, 0.05) is 9.35 Å². The number of hydrogen-bond acceptors (Lipinski definition) is 3. The summed E-state index contributed by atoms with van der Waals surface area (Å²) in [6.45, 7) is 3.93. The highest BCUT2D eigenvalue weighted by Crippen LogP contribution is 2.31. The van der Waals surface area contributed by atoms with Gasteiger partial charge in [0.05, 0.1) is 12.1 Å². The molecular formula is C9H14BrNOS. The Labute approximate surface area is 90.9 Å². The lowest BCUT2D eigenvalue weighted by Crippen LogP contribution is -2.30. The predicted octanol–water partition coefficient (Wildman–Crippen LogP) is 2.53. The van der Waals surface area contributed by atoms with Crippen molar-refractivity contribution in [3.63, 3.8) is 0 Å². The summed E-state index contributed by atoms with van der Waals surface area (Å²) in [5.74, 6) is 0.184. The number of halogens is 1. The standard InChI is InChI=1S/C9H14BrNOS/c1-5(2)8(12)7(11)9-6(10)3-4-13-9/h3-5,7-8,12H,11H2,1-2H3/t7-,8-/m0/s1. The summed E-state index contributed by atoms with van der Waals surface area (Å²) in [5, 5.41) is 11.7. The van der Waals surface area contributed by atoms with Crippen molar-refractivity contribution in [3.05, 3.63) is 20.8 Å². The molecule has 2 nitrogen and oxygen atoms in total. The van der Waals surface area contributed by atoms with Gasteiger partial charge in [0.25, 0.3) is 0 Å². The largest absolute Gasteiger partial charge is 0.391 e. The average Bonchev–Trinajstić information content (AvgIpc) is 2.48. The van der Waals surface area contributed by atoms with E-state index in [0.29, 0.717) is 0 Å². The van der Waals surface area contributed by atoms with Crippen molar-refractivity contribution >= 4 is 27.3 Å². The molecule has 0 bridgehead atoms. The van der Waals surface area contributed by atoms with Gasteiger partial charge in [-0.2, -0.15) is 0 Å². The molecule has 1 aromatic rings. The van der Waals surface area contributed by atoms with Crippen molar-refractivity contribution in [3.8, 4) is 0 Å². The van der Waals surface area contributed by atoms with Crippen LogP contribution in [0.15, 0.2) is 15.9 Å². The molecule has 0 aliphatic carbocycles. The zero-order valence-corrected chi connectivity index (χ0v) is 10.1. The summed E-state index contributed by atoms with van der Waals surface area (Å²) in [6.07, 6.45) is -0.477. The molecule has 4 heteroatoms. The summed E-state index contributed by atoms with van der Waals surface area (Å²) < 4.78 is 0.990. The van der Waals surface area contributed by atoms with Crippen molar-refractivity contribution in [1.82, 2.24) is 0 Å². The van der Waals surface area contributed by atoms with Gasteiger partial charge in [-0.15, -0.1) is 11.3 Å². The van der Waals surface area contributed by atoms with E-state index in [0.717, 1.165) is 9.35 Å². The molecule has 0 fully saturated rings. The van der Waals surface area contributed by atoms with Crippen molar-refractivity contribution in [1.29, 1.82) is 0 Å². The van der Waals surface area contributed by atoms with E-state index in [1.165, 1.54) is 0 Å². The SMILES string of the molecule is CC(C)[C@H](O)[C@H](N)c1sccc1Br. The lowest BCUT2D eigenvalue weighted by Gasteiger charge is -2.21. The Kier molecular flexibility index (Phi) is 3.91. The molecule has 74 valence electrons. The average molecular weight is 264 g/mol. The fourth-order valence-corrected chi connectivity index (χ4v) is 2.79. The third-order valence-corrected chi connectivity index (χ3v) is 3.97. The van der Waals surface area contributed by atoms with Crippen molar-refractivity contribution in [2.24, 2.45) is 11.7 Å². The Morgan fingerprint density at radius 1 is 1.54 bits per heavy atom. The van der Waals surface area contributed by atoms with Gasteiger partial charge in [-0.05, 0) is 33.3 Å². The van der Waals surface area contributed by atoms with E-state index in [9.17, 15) is 5.11 Å². The van der Waals surface area contributed by atoms with Gasteiger partial charge >= 0.3 is 0 Å². The van der Waals surface area contributed by atoms with Crippen LogP contribution in [-0.4, -0.2) is 11.2 Å². The first kappa shape index (κ1) is 11.2. The molecule has 0 unspecified atom stereocenters. The molecule has 0 aliphatic rings. The lowest BCUT2D eigenvalue weighted by atomic mass is 9.99. The monoisotopic (exact) mass is 263 g/mol. The summed E-state index contributed by atoms with van der Waals surface area (Å²) in [6, 6.07) is 1.67. The van der Waals surface area contributed by atoms with Gasteiger partial charge in [0.15, 0.2) is 0 Å². The first-order chi connectivity index (χ1) is 6.04. The number of aliphatic hydroxyl groups is 1. The molecule has 0 saturated heterocycles. The zero-order valence-electron chi connectivity index (χ0n) is 7.70. The fraction of sp³-hybridized carbons (Fsp3) is 0.556. The Morgan fingerprint density at radius 3 is 2.54 bits per heavy atom. The first-order valence-corrected chi connectivity index (χ1v) is 5.88. The molecule has 1 rings (SSSR count). The van der Waals surface area contributed by atoms with Gasteiger partial charge in [-0.3, -0.25) is 0 Å². The Bertz CT molecular complexity index is 274. The summed E-state index contributed by atoms with van der Waals surface area (Å²) >= 11 is 4.98. The first-order valence-electron chi connectivity index (χ1n) is 4.20. The third kappa shape index (κ3) is 2.53. The normalized spacial score (nSPS) is 16.2. The third-order valence-electron chi connectivity index (χ3n) is 2.00. The lowest BCUT2D eigenvalue weighted by molar-refractivity contribution is 0.0989.